The molecule has 1 heterocycles. The van der Waals surface area contributed by atoms with Gasteiger partial charge in [0.2, 0.25) is 0 Å². The maximum atomic E-state index is 12.4. The summed E-state index contributed by atoms with van der Waals surface area (Å²) < 4.78 is 10.5. The van der Waals surface area contributed by atoms with Gasteiger partial charge < -0.3 is 24.6 Å². The quantitative estimate of drug-likeness (QED) is 0.631. The zero-order chi connectivity index (χ0) is 21.5. The summed E-state index contributed by atoms with van der Waals surface area (Å²) in [4.78, 5) is 27.4. The van der Waals surface area contributed by atoms with Crippen molar-refractivity contribution in [1.82, 2.24) is 5.32 Å². The lowest BCUT2D eigenvalue weighted by atomic mass is 10.1. The Bertz CT molecular complexity index is 875. The SMILES string of the molecule is COc1ccc(CNC(=O)C[NH+]2CCN(c3ccc(C(C)=O)cc3)CC2)cc1OC. The van der Waals surface area contributed by atoms with Crippen molar-refractivity contribution in [3.05, 3.63) is 53.6 Å². The molecule has 0 saturated carbocycles. The van der Waals surface area contributed by atoms with Crippen molar-refractivity contribution >= 4 is 17.4 Å². The number of hydrogen-bond donors (Lipinski definition) is 2. The lowest BCUT2D eigenvalue weighted by Gasteiger charge is -2.33. The van der Waals surface area contributed by atoms with Crippen molar-refractivity contribution in [2.45, 2.75) is 13.5 Å². The van der Waals surface area contributed by atoms with Crippen LogP contribution in [0.4, 0.5) is 5.69 Å². The van der Waals surface area contributed by atoms with Crippen LogP contribution in [0.5, 0.6) is 11.5 Å². The number of hydrogen-bond acceptors (Lipinski definition) is 5. The van der Waals surface area contributed by atoms with Crippen LogP contribution in [0.25, 0.3) is 0 Å². The van der Waals surface area contributed by atoms with Crippen LogP contribution in [0.2, 0.25) is 0 Å². The normalized spacial score (nSPS) is 14.3. The molecule has 0 aromatic heterocycles. The zero-order valence-electron chi connectivity index (χ0n) is 17.9. The van der Waals surface area contributed by atoms with E-state index in [1.165, 1.54) is 4.90 Å². The number of carbonyl (C=O) groups excluding carboxylic acids is 2. The molecule has 0 atom stereocenters. The number of nitrogens with one attached hydrogen (secondary N) is 2. The Balaban J connectivity index is 1.44. The number of quaternary nitrogens is 1. The number of anilines is 1. The Morgan fingerprint density at radius 3 is 2.27 bits per heavy atom. The standard InChI is InChI=1S/C23H29N3O4/c1-17(27)19-5-7-20(8-6-19)26-12-10-25(11-13-26)16-23(28)24-15-18-4-9-21(29-2)22(14-18)30-3/h4-9,14H,10-13,15-16H2,1-3H3,(H,24,28)/p+1. The van der Waals surface area contributed by atoms with Crippen LogP contribution in [0.3, 0.4) is 0 Å². The highest BCUT2D eigenvalue weighted by atomic mass is 16.5. The van der Waals surface area contributed by atoms with Crippen molar-refractivity contribution in [3.63, 3.8) is 0 Å². The molecule has 30 heavy (non-hydrogen) atoms. The van der Waals surface area contributed by atoms with Gasteiger partial charge in [0.15, 0.2) is 23.8 Å². The Kier molecular flexibility index (Phi) is 7.30. The van der Waals surface area contributed by atoms with Gasteiger partial charge in [-0.05, 0) is 48.9 Å². The largest absolute Gasteiger partial charge is 0.493 e. The molecule has 2 aromatic carbocycles. The Labute approximate surface area is 177 Å². The van der Waals surface area contributed by atoms with Gasteiger partial charge in [-0.15, -0.1) is 0 Å². The molecule has 160 valence electrons. The second-order valence-corrected chi connectivity index (χ2v) is 7.48. The number of carbonyl (C=O) groups is 2. The average Bonchev–Trinajstić information content (AvgIpc) is 2.78. The monoisotopic (exact) mass is 412 g/mol. The smallest absolute Gasteiger partial charge is 0.275 e. The van der Waals surface area contributed by atoms with E-state index in [4.69, 9.17) is 9.47 Å². The van der Waals surface area contributed by atoms with E-state index in [2.05, 4.69) is 10.2 Å². The number of benzene rings is 2. The first kappa shape index (κ1) is 21.6. The second-order valence-electron chi connectivity index (χ2n) is 7.48. The summed E-state index contributed by atoms with van der Waals surface area (Å²) in [6.45, 7) is 6.07. The zero-order valence-corrected chi connectivity index (χ0v) is 17.9. The number of rotatable bonds is 8. The Hall–Kier alpha value is -3.06. The van der Waals surface area contributed by atoms with E-state index in [1.807, 2.05) is 42.5 Å². The molecular formula is C23H30N3O4+. The number of Topliss-reactive ketones (excluding diaryl/α,β-unsaturated/α-hetero) is 1. The summed E-state index contributed by atoms with van der Waals surface area (Å²) in [6.07, 6.45) is 0. The molecule has 2 aromatic rings. The second kappa shape index (κ2) is 10.1. The summed E-state index contributed by atoms with van der Waals surface area (Å²) in [5.74, 6) is 1.45. The van der Waals surface area contributed by atoms with E-state index in [0.717, 1.165) is 43.0 Å². The van der Waals surface area contributed by atoms with Crippen LogP contribution < -0.4 is 24.6 Å². The Morgan fingerprint density at radius 2 is 1.67 bits per heavy atom. The van der Waals surface area contributed by atoms with E-state index in [0.29, 0.717) is 24.6 Å². The number of piperazine rings is 1. The highest BCUT2D eigenvalue weighted by Crippen LogP contribution is 2.27. The third-order valence-corrected chi connectivity index (χ3v) is 5.46. The molecule has 0 spiro atoms. The summed E-state index contributed by atoms with van der Waals surface area (Å²) in [7, 11) is 3.20. The molecule has 1 fully saturated rings. The van der Waals surface area contributed by atoms with Gasteiger partial charge in [0.25, 0.3) is 5.91 Å². The lowest BCUT2D eigenvalue weighted by Crippen LogP contribution is -3.15. The topological polar surface area (TPSA) is 72.3 Å². The molecule has 3 rings (SSSR count). The third-order valence-electron chi connectivity index (χ3n) is 5.46. The molecule has 1 aliphatic heterocycles. The third kappa shape index (κ3) is 5.51. The van der Waals surface area contributed by atoms with Crippen LogP contribution >= 0.6 is 0 Å². The van der Waals surface area contributed by atoms with Crippen molar-refractivity contribution in [1.29, 1.82) is 0 Å². The van der Waals surface area contributed by atoms with E-state index >= 15 is 0 Å². The molecule has 0 radical (unpaired) electrons. The number of ketones is 1. The molecular weight excluding hydrogens is 382 g/mol. The van der Waals surface area contributed by atoms with Gasteiger partial charge in [0, 0.05) is 17.8 Å². The number of nitrogens with zero attached hydrogens (tertiary/aromatic N) is 1. The van der Waals surface area contributed by atoms with Gasteiger partial charge in [0.1, 0.15) is 0 Å². The van der Waals surface area contributed by atoms with Crippen LogP contribution in [0, 0.1) is 0 Å². The van der Waals surface area contributed by atoms with Gasteiger partial charge in [-0.25, -0.2) is 0 Å². The lowest BCUT2D eigenvalue weighted by molar-refractivity contribution is -0.892. The first-order valence-electron chi connectivity index (χ1n) is 10.2. The fraction of sp³-hybridized carbons (Fsp3) is 0.391. The van der Waals surface area contributed by atoms with Crippen molar-refractivity contribution < 1.29 is 24.0 Å². The van der Waals surface area contributed by atoms with Gasteiger partial charge in [-0.3, -0.25) is 9.59 Å². The molecule has 7 nitrogen and oxygen atoms in total. The van der Waals surface area contributed by atoms with E-state index in [-0.39, 0.29) is 11.7 Å². The molecule has 1 aliphatic rings. The summed E-state index contributed by atoms with van der Waals surface area (Å²) >= 11 is 0. The molecule has 0 aliphatic carbocycles. The molecule has 7 heteroatoms. The maximum Gasteiger partial charge on any atom is 0.275 e. The average molecular weight is 413 g/mol. The predicted molar refractivity (Wildman–Crippen MR) is 116 cm³/mol. The maximum absolute atomic E-state index is 12.4. The minimum atomic E-state index is 0.0408. The minimum Gasteiger partial charge on any atom is -0.493 e. The van der Waals surface area contributed by atoms with Crippen molar-refractivity contribution in [3.8, 4) is 11.5 Å². The minimum absolute atomic E-state index is 0.0408. The first-order chi connectivity index (χ1) is 14.5. The molecule has 1 amide bonds. The highest BCUT2D eigenvalue weighted by molar-refractivity contribution is 5.94. The van der Waals surface area contributed by atoms with Crippen LogP contribution in [0.15, 0.2) is 42.5 Å². The Morgan fingerprint density at radius 1 is 1.00 bits per heavy atom. The number of amides is 1. The summed E-state index contributed by atoms with van der Waals surface area (Å²) in [6, 6.07) is 13.4. The summed E-state index contributed by atoms with van der Waals surface area (Å²) in [5, 5.41) is 2.99. The van der Waals surface area contributed by atoms with Gasteiger partial charge in [0.05, 0.1) is 40.4 Å². The predicted octanol–water partition coefficient (Wildman–Crippen LogP) is 0.928. The van der Waals surface area contributed by atoms with E-state index in [9.17, 15) is 9.59 Å². The first-order valence-corrected chi connectivity index (χ1v) is 10.2. The molecule has 0 bridgehead atoms. The number of ether oxygens (including phenoxy) is 2. The fourth-order valence-corrected chi connectivity index (χ4v) is 3.65. The van der Waals surface area contributed by atoms with Gasteiger partial charge >= 0.3 is 0 Å². The van der Waals surface area contributed by atoms with Crippen LogP contribution in [-0.2, 0) is 11.3 Å². The molecule has 0 unspecified atom stereocenters. The molecule has 1 saturated heterocycles. The van der Waals surface area contributed by atoms with E-state index in [1.54, 1.807) is 21.1 Å². The van der Waals surface area contributed by atoms with E-state index < -0.39 is 0 Å². The van der Waals surface area contributed by atoms with Crippen molar-refractivity contribution in [2.75, 3.05) is 51.8 Å². The van der Waals surface area contributed by atoms with Crippen LogP contribution in [0.1, 0.15) is 22.8 Å². The molecule has 2 N–H and O–H groups in total. The van der Waals surface area contributed by atoms with Gasteiger partial charge in [-0.2, -0.15) is 0 Å². The van der Waals surface area contributed by atoms with Crippen LogP contribution in [-0.4, -0.2) is 58.6 Å². The fourth-order valence-electron chi connectivity index (χ4n) is 3.65. The summed E-state index contributed by atoms with van der Waals surface area (Å²) in [5.41, 5.74) is 2.82. The van der Waals surface area contributed by atoms with Gasteiger partial charge in [-0.1, -0.05) is 6.07 Å². The number of methoxy groups -OCH3 is 2. The highest BCUT2D eigenvalue weighted by Gasteiger charge is 2.22. The van der Waals surface area contributed by atoms with Crippen molar-refractivity contribution in [2.24, 2.45) is 0 Å².